The predicted octanol–water partition coefficient (Wildman–Crippen LogP) is 2.21. The van der Waals surface area contributed by atoms with E-state index >= 15 is 0 Å². The summed E-state index contributed by atoms with van der Waals surface area (Å²) in [6.07, 6.45) is 2.38. The highest BCUT2D eigenvalue weighted by Gasteiger charge is 1.97. The Kier molecular flexibility index (Phi) is 5.85. The van der Waals surface area contributed by atoms with Crippen molar-refractivity contribution < 1.29 is 0 Å². The van der Waals surface area contributed by atoms with Gasteiger partial charge in [-0.05, 0) is 17.9 Å². The number of nitrogens with zero attached hydrogens (tertiary/aromatic N) is 1. The molecule has 1 rings (SSSR count). The lowest BCUT2D eigenvalue weighted by molar-refractivity contribution is 0.730. The van der Waals surface area contributed by atoms with Gasteiger partial charge in [-0.25, -0.2) is 0 Å². The number of hydrogen-bond acceptors (Lipinski definition) is 2. The maximum Gasteiger partial charge on any atom is 0.191 e. The van der Waals surface area contributed by atoms with Crippen LogP contribution >= 0.6 is 11.3 Å². The first-order valence-electron chi connectivity index (χ1n) is 5.33. The Morgan fingerprint density at radius 2 is 2.33 bits per heavy atom. The van der Waals surface area contributed by atoms with Crippen molar-refractivity contribution in [2.24, 2.45) is 4.99 Å². The zero-order chi connectivity index (χ0) is 10.9. The molecular weight excluding hydrogens is 206 g/mol. The summed E-state index contributed by atoms with van der Waals surface area (Å²) in [6, 6.07) is 4.19. The van der Waals surface area contributed by atoms with Crippen LogP contribution in [0.2, 0.25) is 0 Å². The van der Waals surface area contributed by atoms with Crippen LogP contribution in [-0.2, 0) is 6.54 Å². The second kappa shape index (κ2) is 7.29. The Morgan fingerprint density at radius 1 is 1.47 bits per heavy atom. The second-order valence-electron chi connectivity index (χ2n) is 3.29. The summed E-state index contributed by atoms with van der Waals surface area (Å²) in [5.74, 6) is 0.886. The minimum absolute atomic E-state index is 0.851. The van der Waals surface area contributed by atoms with Crippen molar-refractivity contribution in [3.8, 4) is 0 Å². The highest BCUT2D eigenvalue weighted by atomic mass is 32.1. The third-order valence-electron chi connectivity index (χ3n) is 2.06. The molecule has 0 aromatic carbocycles. The van der Waals surface area contributed by atoms with Crippen molar-refractivity contribution in [3.63, 3.8) is 0 Å². The molecule has 1 aromatic rings. The van der Waals surface area contributed by atoms with Crippen molar-refractivity contribution in [1.82, 2.24) is 10.6 Å². The van der Waals surface area contributed by atoms with E-state index in [1.807, 2.05) is 0 Å². The van der Waals surface area contributed by atoms with Crippen LogP contribution in [0.3, 0.4) is 0 Å². The van der Waals surface area contributed by atoms with Gasteiger partial charge >= 0.3 is 0 Å². The lowest BCUT2D eigenvalue weighted by atomic mass is 10.3. The summed E-state index contributed by atoms with van der Waals surface area (Å²) >= 11 is 1.76. The maximum absolute atomic E-state index is 4.16. The number of rotatable bonds is 5. The summed E-state index contributed by atoms with van der Waals surface area (Å²) in [6.45, 7) is 4.02. The Labute approximate surface area is 95.6 Å². The van der Waals surface area contributed by atoms with Gasteiger partial charge in [0.15, 0.2) is 5.96 Å². The molecule has 0 aliphatic rings. The van der Waals surface area contributed by atoms with Crippen LogP contribution in [0.5, 0.6) is 0 Å². The van der Waals surface area contributed by atoms with Crippen LogP contribution in [0.15, 0.2) is 22.5 Å². The number of unbranched alkanes of at least 4 members (excludes halogenated alkanes) is 1. The molecule has 0 saturated carbocycles. The van der Waals surface area contributed by atoms with E-state index in [1.165, 1.54) is 17.7 Å². The third-order valence-corrected chi connectivity index (χ3v) is 2.93. The molecule has 0 spiro atoms. The fourth-order valence-corrected chi connectivity index (χ4v) is 1.83. The molecule has 0 fully saturated rings. The molecule has 4 heteroatoms. The molecule has 15 heavy (non-hydrogen) atoms. The normalized spacial score (nSPS) is 11.5. The Bertz CT molecular complexity index is 280. The highest BCUT2D eigenvalue weighted by molar-refractivity contribution is 7.09. The number of aliphatic imine (C=N–C) groups is 1. The lowest BCUT2D eigenvalue weighted by Crippen LogP contribution is -2.37. The lowest BCUT2D eigenvalue weighted by Gasteiger charge is -2.10. The van der Waals surface area contributed by atoms with E-state index in [1.54, 1.807) is 18.4 Å². The van der Waals surface area contributed by atoms with Gasteiger partial charge in [-0.15, -0.1) is 11.3 Å². The third kappa shape index (κ3) is 4.83. The van der Waals surface area contributed by atoms with Crippen LogP contribution in [0.1, 0.15) is 24.6 Å². The number of thiophene rings is 1. The van der Waals surface area contributed by atoms with E-state index in [4.69, 9.17) is 0 Å². The molecule has 3 nitrogen and oxygen atoms in total. The number of guanidine groups is 1. The van der Waals surface area contributed by atoms with E-state index in [0.717, 1.165) is 19.0 Å². The zero-order valence-corrected chi connectivity index (χ0v) is 10.2. The summed E-state index contributed by atoms with van der Waals surface area (Å²) in [5, 5.41) is 8.64. The molecule has 0 amide bonds. The average molecular weight is 225 g/mol. The van der Waals surface area contributed by atoms with E-state index < -0.39 is 0 Å². The number of hydrogen-bond donors (Lipinski definition) is 2. The summed E-state index contributed by atoms with van der Waals surface area (Å²) in [7, 11) is 1.80. The molecule has 0 saturated heterocycles. The van der Waals surface area contributed by atoms with Crippen LogP contribution in [0, 0.1) is 0 Å². The molecule has 84 valence electrons. The van der Waals surface area contributed by atoms with Crippen molar-refractivity contribution in [2.45, 2.75) is 26.3 Å². The van der Waals surface area contributed by atoms with Crippen molar-refractivity contribution in [3.05, 3.63) is 22.4 Å². The summed E-state index contributed by atoms with van der Waals surface area (Å²) in [5.41, 5.74) is 0. The predicted molar refractivity (Wildman–Crippen MR) is 67.4 cm³/mol. The van der Waals surface area contributed by atoms with Crippen molar-refractivity contribution >= 4 is 17.3 Å². The first-order valence-corrected chi connectivity index (χ1v) is 6.21. The molecule has 0 aliphatic carbocycles. The van der Waals surface area contributed by atoms with Gasteiger partial charge in [0.05, 0.1) is 6.54 Å². The Hall–Kier alpha value is -1.03. The zero-order valence-electron chi connectivity index (χ0n) is 9.42. The quantitative estimate of drug-likeness (QED) is 0.458. The van der Waals surface area contributed by atoms with Gasteiger partial charge in [0.2, 0.25) is 0 Å². The smallest absolute Gasteiger partial charge is 0.191 e. The molecule has 1 aromatic heterocycles. The van der Waals surface area contributed by atoms with Crippen LogP contribution in [0.4, 0.5) is 0 Å². The second-order valence-corrected chi connectivity index (χ2v) is 4.32. The van der Waals surface area contributed by atoms with Gasteiger partial charge in [0.25, 0.3) is 0 Å². The Balaban J connectivity index is 2.23. The SMILES string of the molecule is CCCCNC(=NC)NCc1cccs1. The van der Waals surface area contributed by atoms with E-state index in [9.17, 15) is 0 Å². The molecule has 1 heterocycles. The molecule has 0 bridgehead atoms. The van der Waals surface area contributed by atoms with Gasteiger partial charge < -0.3 is 10.6 Å². The monoisotopic (exact) mass is 225 g/mol. The van der Waals surface area contributed by atoms with Gasteiger partial charge in [-0.2, -0.15) is 0 Å². The molecule has 0 aliphatic heterocycles. The largest absolute Gasteiger partial charge is 0.356 e. The van der Waals surface area contributed by atoms with E-state index in [0.29, 0.717) is 0 Å². The minimum Gasteiger partial charge on any atom is -0.356 e. The molecule has 2 N–H and O–H groups in total. The first-order chi connectivity index (χ1) is 7.36. The van der Waals surface area contributed by atoms with Crippen molar-refractivity contribution in [1.29, 1.82) is 0 Å². The molecule has 0 atom stereocenters. The summed E-state index contributed by atoms with van der Waals surface area (Å²) in [4.78, 5) is 5.49. The molecule has 0 unspecified atom stereocenters. The van der Waals surface area contributed by atoms with Gasteiger partial charge in [-0.3, -0.25) is 4.99 Å². The van der Waals surface area contributed by atoms with Crippen LogP contribution in [0.25, 0.3) is 0 Å². The fourth-order valence-electron chi connectivity index (χ4n) is 1.19. The average Bonchev–Trinajstić information content (AvgIpc) is 2.76. The molecule has 0 radical (unpaired) electrons. The van der Waals surface area contributed by atoms with E-state index in [-0.39, 0.29) is 0 Å². The van der Waals surface area contributed by atoms with Gasteiger partial charge in [0, 0.05) is 18.5 Å². The topological polar surface area (TPSA) is 36.4 Å². The van der Waals surface area contributed by atoms with Crippen LogP contribution < -0.4 is 10.6 Å². The van der Waals surface area contributed by atoms with Crippen LogP contribution in [-0.4, -0.2) is 19.6 Å². The number of nitrogens with one attached hydrogen (secondary N) is 2. The van der Waals surface area contributed by atoms with Crippen molar-refractivity contribution in [2.75, 3.05) is 13.6 Å². The Morgan fingerprint density at radius 3 is 2.93 bits per heavy atom. The highest BCUT2D eigenvalue weighted by Crippen LogP contribution is 2.06. The first kappa shape index (κ1) is 12.0. The standard InChI is InChI=1S/C11H19N3S/c1-3-4-7-13-11(12-2)14-9-10-6-5-8-15-10/h5-6,8H,3-4,7,9H2,1-2H3,(H2,12,13,14). The minimum atomic E-state index is 0.851. The molecular formula is C11H19N3S. The van der Waals surface area contributed by atoms with E-state index in [2.05, 4.69) is 40.1 Å². The van der Waals surface area contributed by atoms with Gasteiger partial charge in [-0.1, -0.05) is 19.4 Å². The fraction of sp³-hybridized carbons (Fsp3) is 0.545. The van der Waals surface area contributed by atoms with Gasteiger partial charge in [0.1, 0.15) is 0 Å². The summed E-state index contributed by atoms with van der Waals surface area (Å²) < 4.78 is 0. The maximum atomic E-state index is 4.16.